The van der Waals surface area contributed by atoms with E-state index in [4.69, 9.17) is 86.1 Å². The molecule has 0 heterocycles. The van der Waals surface area contributed by atoms with Crippen LogP contribution in [0.1, 0.15) is 332 Å². The third-order valence-corrected chi connectivity index (χ3v) is 32.2. The molecule has 42 heteroatoms. The van der Waals surface area contributed by atoms with Gasteiger partial charge >= 0.3 is 0 Å². The Labute approximate surface area is 854 Å². The van der Waals surface area contributed by atoms with Crippen molar-refractivity contribution in [2.45, 2.75) is 332 Å². The fraction of sp³-hybridized carbons (Fsp3) is 1.00. The summed E-state index contributed by atoms with van der Waals surface area (Å²) in [5.74, 6) is 0. The maximum Gasteiger partial charge on any atom is 0.110 e. The van der Waals surface area contributed by atoms with Crippen LogP contribution in [0, 0.1) is 0 Å². The zero-order valence-electron chi connectivity index (χ0n) is 99.6. The predicted molar refractivity (Wildman–Crippen MR) is 561 cm³/mol. The van der Waals surface area contributed by atoms with E-state index < -0.39 is 47.4 Å². The molecular weight excluding hydrogens is 1910 g/mol. The molecule has 0 aromatic rings. The lowest BCUT2D eigenvalue weighted by atomic mass is 10.3. The van der Waals surface area contributed by atoms with Crippen LogP contribution in [0.2, 0.25) is 0 Å². The molecule has 138 heavy (non-hydrogen) atoms. The second-order valence-corrected chi connectivity index (χ2v) is 39.0. The highest BCUT2D eigenvalue weighted by atomic mass is 31.2. The summed E-state index contributed by atoms with van der Waals surface area (Å²) in [6.07, 6.45) is 0. The molecule has 864 valence electrons. The molecule has 0 spiro atoms. The second-order valence-electron chi connectivity index (χ2n) is 33.9. The molecule has 0 saturated heterocycles. The van der Waals surface area contributed by atoms with Crippen LogP contribution in [0.5, 0.6) is 0 Å². The van der Waals surface area contributed by atoms with Crippen molar-refractivity contribution in [1.82, 2.24) is 0 Å². The van der Waals surface area contributed by atoms with E-state index in [1.807, 2.05) is 0 Å². The van der Waals surface area contributed by atoms with Gasteiger partial charge in [0.05, 0.1) is 314 Å². The largest absolute Gasteiger partial charge is 0.786 e. The molecule has 0 aliphatic carbocycles. The summed E-state index contributed by atoms with van der Waals surface area (Å²) in [7, 11) is -33.8. The van der Waals surface area contributed by atoms with E-state index in [1.165, 1.54) is 368 Å². The summed E-state index contributed by atoms with van der Waals surface area (Å²) < 4.78 is 127. The maximum atomic E-state index is 10.1. The van der Waals surface area contributed by atoms with Gasteiger partial charge in [0.25, 0.3) is 0 Å². The molecule has 0 amide bonds. The van der Waals surface area contributed by atoms with Gasteiger partial charge in [0.1, 0.15) is 47.4 Å². The van der Waals surface area contributed by atoms with Gasteiger partial charge in [0, 0.05) is 0 Å². The predicted octanol–water partition coefficient (Wildman–Crippen LogP) is 15.3. The zero-order valence-corrected chi connectivity index (χ0v) is 105. The normalized spacial score (nSPS) is 12.0. The van der Waals surface area contributed by atoms with Gasteiger partial charge in [0.2, 0.25) is 0 Å². The Bertz CT molecular complexity index is 1910. The van der Waals surface area contributed by atoms with Gasteiger partial charge in [-0.15, -0.1) is 0 Å². The van der Waals surface area contributed by atoms with Crippen LogP contribution < -0.4 is 58.7 Å². The van der Waals surface area contributed by atoms with Crippen LogP contribution in [0.4, 0.5) is 25.2 Å². The molecule has 0 aromatic heterocycles. The lowest BCUT2D eigenvalue weighted by Gasteiger charge is -2.34. The zero-order chi connectivity index (χ0) is 115. The first kappa shape index (κ1) is 180. The van der Waals surface area contributed by atoms with Crippen molar-refractivity contribution in [2.24, 2.45) is 0 Å². The van der Waals surface area contributed by atoms with E-state index >= 15 is 0 Å². The van der Waals surface area contributed by atoms with Crippen LogP contribution in [0.3, 0.4) is 0 Å². The number of hydrogen-bond donors (Lipinski definition) is 0. The molecule has 0 bridgehead atoms. The molecule has 0 fully saturated rings. The Hall–Kier alpha value is -0.0000000000000000555. The average Bonchev–Trinajstić information content (AvgIpc) is 0.982. The first-order valence-corrected chi connectivity index (χ1v) is 62.0. The maximum absolute atomic E-state index is 10.1. The first-order valence-electron chi connectivity index (χ1n) is 53.4. The standard InChI is InChI=1S/12C8H20N.6FH2O3P/c12*1-5-9(6-2,7-3)8-4;6*1-5(2,3)4/h12*5-8H2,1-4H3;6*(H2,2,3,4)/q12*+1;;;;;;/p-12. The number of quaternary nitrogens is 12. The van der Waals surface area contributed by atoms with Crippen LogP contribution in [0.25, 0.3) is 0 Å². The molecule has 0 atom stereocenters. The summed E-state index contributed by atoms with van der Waals surface area (Å²) in [4.78, 5) is 101. The van der Waals surface area contributed by atoms with Crippen LogP contribution in [-0.4, -0.2) is 368 Å². The molecule has 0 unspecified atom stereocenters. The van der Waals surface area contributed by atoms with Crippen molar-refractivity contribution in [2.75, 3.05) is 314 Å². The number of hydrogen-bond acceptors (Lipinski definition) is 18. The minimum atomic E-state index is -5.64. The van der Waals surface area contributed by atoms with Gasteiger partial charge < -0.3 is 140 Å². The van der Waals surface area contributed by atoms with Gasteiger partial charge in [-0.05, 0) is 332 Å². The summed E-state index contributed by atoms with van der Waals surface area (Å²) in [6.45, 7) is 171. The molecule has 0 rings (SSSR count). The molecule has 0 radical (unpaired) electrons. The summed E-state index contributed by atoms with van der Waals surface area (Å²) >= 11 is 0. The lowest BCUT2D eigenvalue weighted by Crippen LogP contribution is -2.47. The Morgan fingerprint density at radius 1 is 0.101 bits per heavy atom. The summed E-state index contributed by atoms with van der Waals surface area (Å²) in [6, 6.07) is 0. The molecular formula is C96H240F6N12O18P6. The fourth-order valence-electron chi connectivity index (χ4n) is 16.1. The molecule has 0 aliphatic heterocycles. The number of halogens is 6. The molecule has 0 N–H and O–H groups in total. The van der Waals surface area contributed by atoms with Crippen molar-refractivity contribution >= 4 is 47.4 Å². The monoisotopic (exact) mass is 2150 g/mol. The average molecular weight is 2150 g/mol. The number of rotatable bonds is 48. The van der Waals surface area contributed by atoms with Crippen molar-refractivity contribution in [3.8, 4) is 0 Å². The Kier molecular flexibility index (Phi) is 136. The Morgan fingerprint density at radius 2 is 0.116 bits per heavy atom. The summed E-state index contributed by atoms with van der Waals surface area (Å²) in [5.41, 5.74) is 0. The first-order chi connectivity index (χ1) is 62.9. The van der Waals surface area contributed by atoms with Crippen molar-refractivity contribution < 1.29 is 165 Å². The second kappa shape index (κ2) is 104. The van der Waals surface area contributed by atoms with E-state index in [-0.39, 0.29) is 0 Å². The SMILES string of the molecule is CC[N+](CC)(CC)CC.CC[N+](CC)(CC)CC.CC[N+](CC)(CC)CC.CC[N+](CC)(CC)CC.CC[N+](CC)(CC)CC.CC[N+](CC)(CC)CC.CC[N+](CC)(CC)CC.CC[N+](CC)(CC)CC.CC[N+](CC)(CC)CC.CC[N+](CC)(CC)CC.CC[N+](CC)(CC)CC.CC[N+](CC)(CC)CC.O=P([O-])([O-])F.O=P([O-])([O-])F.O=P([O-])([O-])F.O=P([O-])([O-])F.O=P([O-])([O-])F.O=P([O-])([O-])F. The Balaban J connectivity index is -0.0000000693. The minimum absolute atomic E-state index is 1.28. The van der Waals surface area contributed by atoms with Gasteiger partial charge in [-0.3, -0.25) is 0 Å². The summed E-state index contributed by atoms with van der Waals surface area (Å²) in [5, 5.41) is 0. The highest BCUT2D eigenvalue weighted by Gasteiger charge is 2.24. The molecule has 30 nitrogen and oxygen atoms in total. The minimum Gasteiger partial charge on any atom is -0.786 e. The van der Waals surface area contributed by atoms with Gasteiger partial charge in [-0.2, -0.15) is 0 Å². The van der Waals surface area contributed by atoms with Crippen molar-refractivity contribution in [3.63, 3.8) is 0 Å². The smallest absolute Gasteiger partial charge is 0.110 e. The van der Waals surface area contributed by atoms with E-state index in [9.17, 15) is 25.2 Å². The van der Waals surface area contributed by atoms with Gasteiger partial charge in [-0.25, -0.2) is 25.2 Å². The Morgan fingerprint density at radius 3 is 0.116 bits per heavy atom. The molecule has 0 saturated carbocycles. The van der Waals surface area contributed by atoms with E-state index in [0.29, 0.717) is 0 Å². The molecule has 0 aliphatic rings. The topological polar surface area (TPSA) is 379 Å². The molecule has 0 aromatic carbocycles. The highest BCUT2D eigenvalue weighted by molar-refractivity contribution is 7.43. The third kappa shape index (κ3) is 120. The quantitative estimate of drug-likeness (QED) is 0.0310. The highest BCUT2D eigenvalue weighted by Crippen LogP contribution is 2.25. The number of nitrogens with zero attached hydrogens (tertiary/aromatic N) is 12. The van der Waals surface area contributed by atoms with E-state index in [0.717, 1.165) is 0 Å². The van der Waals surface area contributed by atoms with Crippen molar-refractivity contribution in [1.29, 1.82) is 0 Å². The van der Waals surface area contributed by atoms with Gasteiger partial charge in [-0.1, -0.05) is 0 Å². The third-order valence-electron chi connectivity index (χ3n) is 32.2. The van der Waals surface area contributed by atoms with E-state index in [2.05, 4.69) is 332 Å². The van der Waals surface area contributed by atoms with Crippen LogP contribution >= 0.6 is 47.4 Å². The van der Waals surface area contributed by atoms with Crippen molar-refractivity contribution in [3.05, 3.63) is 0 Å². The van der Waals surface area contributed by atoms with E-state index in [1.54, 1.807) is 0 Å². The van der Waals surface area contributed by atoms with Crippen LogP contribution in [0.15, 0.2) is 0 Å². The van der Waals surface area contributed by atoms with Gasteiger partial charge in [0.15, 0.2) is 0 Å². The lowest BCUT2D eigenvalue weighted by molar-refractivity contribution is -0.921. The fourth-order valence-corrected chi connectivity index (χ4v) is 16.1. The van der Waals surface area contributed by atoms with Crippen LogP contribution in [-0.2, 0) is 27.4 Å².